The van der Waals surface area contributed by atoms with E-state index < -0.39 is 0 Å². The van der Waals surface area contributed by atoms with Gasteiger partial charge in [-0.2, -0.15) is 0 Å². The summed E-state index contributed by atoms with van der Waals surface area (Å²) < 4.78 is 0. The van der Waals surface area contributed by atoms with Gasteiger partial charge in [-0.15, -0.1) is 11.8 Å². The summed E-state index contributed by atoms with van der Waals surface area (Å²) >= 11 is 2.03. The van der Waals surface area contributed by atoms with E-state index in [0.29, 0.717) is 5.41 Å². The maximum absolute atomic E-state index is 6.12. The van der Waals surface area contributed by atoms with Crippen LogP contribution in [0.25, 0.3) is 0 Å². The molecule has 0 bridgehead atoms. The average Bonchev–Trinajstić information content (AvgIpc) is 2.96. The Morgan fingerprint density at radius 1 is 1.39 bits per heavy atom. The van der Waals surface area contributed by atoms with Gasteiger partial charge in [0.05, 0.1) is 0 Å². The van der Waals surface area contributed by atoms with Crippen LogP contribution in [-0.2, 0) is 0 Å². The summed E-state index contributed by atoms with van der Waals surface area (Å²) in [6, 6.07) is 8.93. The monoisotopic (exact) mass is 261 g/mol. The quantitative estimate of drug-likeness (QED) is 0.889. The van der Waals surface area contributed by atoms with Crippen molar-refractivity contribution < 1.29 is 0 Å². The van der Waals surface area contributed by atoms with Gasteiger partial charge in [0, 0.05) is 10.6 Å². The highest BCUT2D eigenvalue weighted by molar-refractivity contribution is 7.99. The van der Waals surface area contributed by atoms with E-state index in [0.717, 1.165) is 18.4 Å². The van der Waals surface area contributed by atoms with Crippen LogP contribution in [0.3, 0.4) is 0 Å². The molecule has 0 saturated heterocycles. The lowest BCUT2D eigenvalue weighted by Crippen LogP contribution is -2.30. The number of hydrogen-bond acceptors (Lipinski definition) is 2. The molecular weight excluding hydrogens is 238 g/mol. The molecule has 1 fully saturated rings. The highest BCUT2D eigenvalue weighted by Crippen LogP contribution is 2.51. The Labute approximate surface area is 115 Å². The van der Waals surface area contributed by atoms with Crippen molar-refractivity contribution in [3.05, 3.63) is 29.8 Å². The maximum atomic E-state index is 6.12. The van der Waals surface area contributed by atoms with Crippen LogP contribution in [0, 0.1) is 11.3 Å². The molecule has 0 aromatic heterocycles. The molecule has 2 aliphatic rings. The minimum atomic E-state index is 0.433. The predicted octanol–water partition coefficient (Wildman–Crippen LogP) is 4.03. The van der Waals surface area contributed by atoms with Crippen LogP contribution in [0.2, 0.25) is 0 Å². The second-order valence-electron chi connectivity index (χ2n) is 6.30. The fourth-order valence-corrected chi connectivity index (χ4v) is 5.13. The van der Waals surface area contributed by atoms with Crippen LogP contribution in [-0.4, -0.2) is 12.3 Å². The molecule has 0 radical (unpaired) electrons. The molecule has 1 nitrogen and oxygen atoms in total. The Kier molecular flexibility index (Phi) is 3.42. The molecule has 1 aliphatic carbocycles. The molecule has 1 heterocycles. The molecule has 3 atom stereocenters. The third-order valence-corrected chi connectivity index (χ3v) is 6.11. The zero-order valence-corrected chi connectivity index (χ0v) is 12.0. The predicted molar refractivity (Wildman–Crippen MR) is 79.0 cm³/mol. The molecule has 1 aromatic rings. The molecule has 2 heteroatoms. The minimum Gasteiger partial charge on any atom is -0.330 e. The van der Waals surface area contributed by atoms with Crippen LogP contribution in [0.4, 0.5) is 0 Å². The van der Waals surface area contributed by atoms with E-state index in [1.165, 1.54) is 36.3 Å². The molecule has 0 amide bonds. The van der Waals surface area contributed by atoms with E-state index in [1.54, 1.807) is 5.56 Å². The first-order chi connectivity index (χ1) is 8.72. The van der Waals surface area contributed by atoms with Gasteiger partial charge in [0.15, 0.2) is 0 Å². The third-order valence-electron chi connectivity index (χ3n) is 4.86. The van der Waals surface area contributed by atoms with E-state index >= 15 is 0 Å². The molecule has 3 unspecified atom stereocenters. The van der Waals surface area contributed by atoms with Crippen molar-refractivity contribution in [1.82, 2.24) is 0 Å². The summed E-state index contributed by atoms with van der Waals surface area (Å²) in [5, 5.41) is 0. The Bertz CT molecular complexity index is 431. The van der Waals surface area contributed by atoms with Crippen LogP contribution < -0.4 is 5.73 Å². The van der Waals surface area contributed by atoms with Crippen molar-refractivity contribution in [3.8, 4) is 0 Å². The van der Waals surface area contributed by atoms with Crippen molar-refractivity contribution >= 4 is 11.8 Å². The summed E-state index contributed by atoms with van der Waals surface area (Å²) in [6.07, 6.45) is 5.36. The van der Waals surface area contributed by atoms with Gasteiger partial charge in [0.25, 0.3) is 0 Å². The van der Waals surface area contributed by atoms with Crippen molar-refractivity contribution in [2.45, 2.75) is 43.4 Å². The summed E-state index contributed by atoms with van der Waals surface area (Å²) in [6.45, 7) is 3.26. The van der Waals surface area contributed by atoms with Gasteiger partial charge in [-0.25, -0.2) is 0 Å². The highest BCUT2D eigenvalue weighted by Gasteiger charge is 2.39. The van der Waals surface area contributed by atoms with Crippen molar-refractivity contribution in [1.29, 1.82) is 0 Å². The van der Waals surface area contributed by atoms with Crippen LogP contribution in [0.15, 0.2) is 29.2 Å². The Balaban J connectivity index is 1.78. The lowest BCUT2D eigenvalue weighted by Gasteiger charge is -2.31. The fraction of sp³-hybridized carbons (Fsp3) is 0.625. The smallest absolute Gasteiger partial charge is 0.0107 e. The molecular formula is C16H23NS. The number of fused-ring (bicyclic) bond motifs is 1. The standard InChI is InChI=1S/C16H23NS/c1-12-6-7-16(8-12,11-17)9-13-10-18-15-5-3-2-4-14(13)15/h2-5,12-13H,6-11,17H2,1H3. The van der Waals surface area contributed by atoms with E-state index in [-0.39, 0.29) is 0 Å². The molecule has 1 aliphatic heterocycles. The van der Waals surface area contributed by atoms with Crippen LogP contribution in [0.5, 0.6) is 0 Å². The number of nitrogens with two attached hydrogens (primary N) is 1. The number of thioether (sulfide) groups is 1. The molecule has 1 saturated carbocycles. The summed E-state index contributed by atoms with van der Waals surface area (Å²) in [7, 11) is 0. The zero-order valence-electron chi connectivity index (χ0n) is 11.2. The first-order valence-electron chi connectivity index (χ1n) is 7.14. The summed E-state index contributed by atoms with van der Waals surface area (Å²) in [4.78, 5) is 1.50. The van der Waals surface area contributed by atoms with Gasteiger partial charge in [0.2, 0.25) is 0 Å². The van der Waals surface area contributed by atoms with Crippen molar-refractivity contribution in [2.75, 3.05) is 12.3 Å². The van der Waals surface area contributed by atoms with Crippen molar-refractivity contribution in [2.24, 2.45) is 17.1 Å². The molecule has 18 heavy (non-hydrogen) atoms. The largest absolute Gasteiger partial charge is 0.330 e. The molecule has 98 valence electrons. The first kappa shape index (κ1) is 12.6. The Morgan fingerprint density at radius 3 is 2.94 bits per heavy atom. The highest BCUT2D eigenvalue weighted by atomic mass is 32.2. The lowest BCUT2D eigenvalue weighted by molar-refractivity contribution is 0.257. The van der Waals surface area contributed by atoms with Crippen molar-refractivity contribution in [3.63, 3.8) is 0 Å². The van der Waals surface area contributed by atoms with Gasteiger partial charge in [-0.1, -0.05) is 31.5 Å². The summed E-state index contributed by atoms with van der Waals surface area (Å²) in [5.74, 6) is 2.87. The number of rotatable bonds is 3. The topological polar surface area (TPSA) is 26.0 Å². The molecule has 3 rings (SSSR count). The molecule has 1 aromatic carbocycles. The average molecular weight is 261 g/mol. The lowest BCUT2D eigenvalue weighted by atomic mass is 9.76. The van der Waals surface area contributed by atoms with E-state index in [1.807, 2.05) is 11.8 Å². The fourth-order valence-electron chi connectivity index (χ4n) is 3.87. The summed E-state index contributed by atoms with van der Waals surface area (Å²) in [5.41, 5.74) is 8.13. The van der Waals surface area contributed by atoms with E-state index in [4.69, 9.17) is 5.73 Å². The number of benzene rings is 1. The van der Waals surface area contributed by atoms with Gasteiger partial charge < -0.3 is 5.73 Å². The second kappa shape index (κ2) is 4.90. The van der Waals surface area contributed by atoms with Crippen LogP contribution >= 0.6 is 11.8 Å². The molecule has 0 spiro atoms. The Hall–Kier alpha value is -0.470. The normalized spacial score (nSPS) is 34.8. The van der Waals surface area contributed by atoms with Gasteiger partial charge in [0.1, 0.15) is 0 Å². The van der Waals surface area contributed by atoms with Gasteiger partial charge >= 0.3 is 0 Å². The van der Waals surface area contributed by atoms with E-state index in [2.05, 4.69) is 31.2 Å². The van der Waals surface area contributed by atoms with Gasteiger partial charge in [-0.3, -0.25) is 0 Å². The number of hydrogen-bond donors (Lipinski definition) is 1. The van der Waals surface area contributed by atoms with Crippen LogP contribution in [0.1, 0.15) is 44.1 Å². The minimum absolute atomic E-state index is 0.433. The second-order valence-corrected chi connectivity index (χ2v) is 7.36. The van der Waals surface area contributed by atoms with E-state index in [9.17, 15) is 0 Å². The maximum Gasteiger partial charge on any atom is 0.0107 e. The first-order valence-corrected chi connectivity index (χ1v) is 8.13. The Morgan fingerprint density at radius 2 is 2.22 bits per heavy atom. The van der Waals surface area contributed by atoms with Gasteiger partial charge in [-0.05, 0) is 54.7 Å². The zero-order chi connectivity index (χ0) is 12.6. The third kappa shape index (κ3) is 2.21. The SMILES string of the molecule is CC1CCC(CN)(CC2CSc3ccccc32)C1. The molecule has 2 N–H and O–H groups in total.